The molecule has 1 fully saturated rings. The lowest BCUT2D eigenvalue weighted by Crippen LogP contribution is -2.39. The van der Waals surface area contributed by atoms with E-state index in [0.29, 0.717) is 11.7 Å². The topological polar surface area (TPSA) is 99.1 Å². The Hall–Kier alpha value is -3.02. The van der Waals surface area contributed by atoms with Crippen LogP contribution in [0, 0.1) is 0 Å². The number of rotatable bonds is 9. The molecule has 0 aliphatic carbocycles. The van der Waals surface area contributed by atoms with Gasteiger partial charge in [0.2, 0.25) is 5.88 Å². The maximum absolute atomic E-state index is 13.6. The van der Waals surface area contributed by atoms with E-state index in [1.807, 2.05) is 18.2 Å². The average molecular weight is 474 g/mol. The summed E-state index contributed by atoms with van der Waals surface area (Å²) in [6.07, 6.45) is 0.782. The first-order chi connectivity index (χ1) is 16.1. The molecule has 0 atom stereocenters. The van der Waals surface area contributed by atoms with Crippen molar-refractivity contribution in [3.05, 3.63) is 30.0 Å². The van der Waals surface area contributed by atoms with Crippen molar-refractivity contribution >= 4 is 32.6 Å². The minimum absolute atomic E-state index is 0.0694. The summed E-state index contributed by atoms with van der Waals surface area (Å²) in [5, 5.41) is 0.599. The van der Waals surface area contributed by atoms with Gasteiger partial charge in [0.05, 0.1) is 44.8 Å². The van der Waals surface area contributed by atoms with Crippen LogP contribution in [0.5, 0.6) is 17.6 Å². The summed E-state index contributed by atoms with van der Waals surface area (Å²) >= 11 is 1.44. The van der Waals surface area contributed by atoms with E-state index >= 15 is 0 Å². The number of hydrogen-bond donors (Lipinski definition) is 0. The van der Waals surface area contributed by atoms with Crippen LogP contribution in [-0.4, -0.2) is 86.5 Å². The highest BCUT2D eigenvalue weighted by atomic mass is 32.1. The van der Waals surface area contributed by atoms with Gasteiger partial charge in [-0.2, -0.15) is 9.97 Å². The summed E-state index contributed by atoms with van der Waals surface area (Å²) in [5.74, 6) is 0.711. The number of amides is 1. The van der Waals surface area contributed by atoms with Gasteiger partial charge in [0, 0.05) is 32.2 Å². The van der Waals surface area contributed by atoms with Gasteiger partial charge in [-0.15, -0.1) is 0 Å². The number of anilines is 1. The molecule has 3 heterocycles. The molecule has 0 spiro atoms. The second-order valence-electron chi connectivity index (χ2n) is 7.38. The molecule has 3 aromatic rings. The Morgan fingerprint density at radius 3 is 2.64 bits per heavy atom. The predicted octanol–water partition coefficient (Wildman–Crippen LogP) is 2.48. The normalized spacial score (nSPS) is 14.3. The second-order valence-corrected chi connectivity index (χ2v) is 8.39. The van der Waals surface area contributed by atoms with E-state index in [9.17, 15) is 4.79 Å². The number of thiazole rings is 1. The molecule has 10 nitrogen and oxygen atoms in total. The Labute approximate surface area is 196 Å². The molecule has 1 amide bonds. The molecule has 4 rings (SSSR count). The lowest BCUT2D eigenvalue weighted by molar-refractivity contribution is 0.0376. The highest BCUT2D eigenvalue weighted by Gasteiger charge is 2.24. The zero-order valence-corrected chi connectivity index (χ0v) is 19.8. The molecule has 2 aromatic heterocycles. The Bertz CT molecular complexity index is 1080. The number of methoxy groups -OCH3 is 3. The van der Waals surface area contributed by atoms with Gasteiger partial charge in [-0.1, -0.05) is 11.3 Å². The van der Waals surface area contributed by atoms with Gasteiger partial charge in [-0.05, 0) is 24.6 Å². The molecular formula is C22H27N5O5S. The quantitative estimate of drug-likeness (QED) is 0.464. The van der Waals surface area contributed by atoms with E-state index in [-0.39, 0.29) is 23.5 Å². The fourth-order valence-electron chi connectivity index (χ4n) is 3.54. The van der Waals surface area contributed by atoms with Crippen molar-refractivity contribution in [2.24, 2.45) is 0 Å². The van der Waals surface area contributed by atoms with Crippen molar-refractivity contribution in [1.29, 1.82) is 0 Å². The molecular weight excluding hydrogens is 446 g/mol. The van der Waals surface area contributed by atoms with E-state index < -0.39 is 0 Å². The van der Waals surface area contributed by atoms with Crippen LogP contribution < -0.4 is 19.1 Å². The van der Waals surface area contributed by atoms with Gasteiger partial charge in [-0.3, -0.25) is 14.6 Å². The van der Waals surface area contributed by atoms with Crippen LogP contribution >= 0.6 is 11.3 Å². The molecule has 33 heavy (non-hydrogen) atoms. The zero-order valence-electron chi connectivity index (χ0n) is 18.9. The summed E-state index contributed by atoms with van der Waals surface area (Å²) in [4.78, 5) is 30.7. The molecule has 0 unspecified atom stereocenters. The lowest BCUT2D eigenvalue weighted by Gasteiger charge is -2.27. The monoisotopic (exact) mass is 473 g/mol. The first-order valence-electron chi connectivity index (χ1n) is 10.6. The van der Waals surface area contributed by atoms with Crippen molar-refractivity contribution in [2.75, 3.05) is 65.6 Å². The van der Waals surface area contributed by atoms with Crippen LogP contribution in [0.4, 0.5) is 5.13 Å². The minimum Gasteiger partial charge on any atom is -0.497 e. The van der Waals surface area contributed by atoms with Gasteiger partial charge in [-0.25, -0.2) is 4.98 Å². The molecule has 1 aromatic carbocycles. The second kappa shape index (κ2) is 10.7. The van der Waals surface area contributed by atoms with Gasteiger partial charge in [0.15, 0.2) is 5.13 Å². The molecule has 11 heteroatoms. The standard InChI is InChI=1S/C22H27N5O5S/c1-29-15-5-6-16-18(13-15)33-22(24-16)27(8-4-7-26-9-11-32-12-10-26)20(28)17-14-19(30-2)25-21(23-17)31-3/h5-6,13-14H,4,7-12H2,1-3H3. The fraction of sp³-hybridized carbons (Fsp3) is 0.455. The summed E-state index contributed by atoms with van der Waals surface area (Å²) in [7, 11) is 4.56. The van der Waals surface area contributed by atoms with Gasteiger partial charge in [0.1, 0.15) is 11.4 Å². The van der Waals surface area contributed by atoms with Crippen LogP contribution in [0.15, 0.2) is 24.3 Å². The molecule has 1 aliphatic rings. The minimum atomic E-state index is -0.290. The van der Waals surface area contributed by atoms with Gasteiger partial charge >= 0.3 is 6.01 Å². The maximum atomic E-state index is 13.6. The molecule has 1 saturated heterocycles. The highest BCUT2D eigenvalue weighted by Crippen LogP contribution is 2.32. The van der Waals surface area contributed by atoms with E-state index in [1.165, 1.54) is 31.6 Å². The predicted molar refractivity (Wildman–Crippen MR) is 125 cm³/mol. The maximum Gasteiger partial charge on any atom is 0.320 e. The number of aromatic nitrogens is 3. The largest absolute Gasteiger partial charge is 0.497 e. The van der Waals surface area contributed by atoms with Crippen LogP contribution in [0.3, 0.4) is 0 Å². The van der Waals surface area contributed by atoms with Crippen LogP contribution in [0.1, 0.15) is 16.9 Å². The summed E-state index contributed by atoms with van der Waals surface area (Å²) < 4.78 is 22.1. The van der Waals surface area contributed by atoms with E-state index in [0.717, 1.165) is 55.2 Å². The lowest BCUT2D eigenvalue weighted by atomic mass is 10.3. The van der Waals surface area contributed by atoms with Crippen molar-refractivity contribution in [3.8, 4) is 17.6 Å². The summed E-state index contributed by atoms with van der Waals surface area (Å²) in [6.45, 7) is 4.63. The Morgan fingerprint density at radius 1 is 1.09 bits per heavy atom. The zero-order chi connectivity index (χ0) is 23.2. The van der Waals surface area contributed by atoms with Crippen LogP contribution in [0.25, 0.3) is 10.2 Å². The van der Waals surface area contributed by atoms with Gasteiger partial charge < -0.3 is 18.9 Å². The third kappa shape index (κ3) is 5.49. The molecule has 0 radical (unpaired) electrons. The highest BCUT2D eigenvalue weighted by molar-refractivity contribution is 7.22. The summed E-state index contributed by atoms with van der Waals surface area (Å²) in [5.41, 5.74) is 0.988. The fourth-order valence-corrected chi connectivity index (χ4v) is 4.56. The third-order valence-electron chi connectivity index (χ3n) is 5.31. The molecule has 0 bridgehead atoms. The van der Waals surface area contributed by atoms with Crippen molar-refractivity contribution < 1.29 is 23.7 Å². The average Bonchev–Trinajstić information content (AvgIpc) is 3.29. The SMILES string of the molecule is COc1ccc2nc(N(CCCN3CCOCC3)C(=O)c3cc(OC)nc(OC)n3)sc2c1. The first-order valence-corrected chi connectivity index (χ1v) is 11.5. The number of carbonyl (C=O) groups is 1. The van der Waals surface area contributed by atoms with Crippen LogP contribution in [-0.2, 0) is 4.74 Å². The van der Waals surface area contributed by atoms with Gasteiger partial charge in [0.25, 0.3) is 5.91 Å². The van der Waals surface area contributed by atoms with Crippen molar-refractivity contribution in [1.82, 2.24) is 19.9 Å². The third-order valence-corrected chi connectivity index (χ3v) is 6.35. The smallest absolute Gasteiger partial charge is 0.320 e. The Balaban J connectivity index is 1.62. The molecule has 0 N–H and O–H groups in total. The molecule has 0 saturated carbocycles. The number of hydrogen-bond acceptors (Lipinski definition) is 10. The first kappa shape index (κ1) is 23.1. The van der Waals surface area contributed by atoms with E-state index in [2.05, 4.69) is 14.9 Å². The van der Waals surface area contributed by atoms with Crippen molar-refractivity contribution in [2.45, 2.75) is 6.42 Å². The number of ether oxygens (including phenoxy) is 4. The number of fused-ring (bicyclic) bond motifs is 1. The number of carbonyl (C=O) groups excluding carboxylic acids is 1. The summed E-state index contributed by atoms with van der Waals surface area (Å²) in [6, 6.07) is 7.25. The molecule has 176 valence electrons. The van der Waals surface area contributed by atoms with E-state index in [1.54, 1.807) is 12.0 Å². The number of nitrogens with zero attached hydrogens (tertiary/aromatic N) is 5. The number of benzene rings is 1. The van der Waals surface area contributed by atoms with E-state index in [4.69, 9.17) is 23.9 Å². The van der Waals surface area contributed by atoms with Crippen LogP contribution in [0.2, 0.25) is 0 Å². The Morgan fingerprint density at radius 2 is 1.91 bits per heavy atom. The molecule has 1 aliphatic heterocycles. The number of morpholine rings is 1. The Kier molecular flexibility index (Phi) is 7.53. The van der Waals surface area contributed by atoms with Crippen molar-refractivity contribution in [3.63, 3.8) is 0 Å².